The first-order chi connectivity index (χ1) is 11.2. The summed E-state index contributed by atoms with van der Waals surface area (Å²) >= 11 is 0. The van der Waals surface area contributed by atoms with Gasteiger partial charge in [0.25, 0.3) is 0 Å². The summed E-state index contributed by atoms with van der Waals surface area (Å²) in [5.74, 6) is -0.0215. The van der Waals surface area contributed by atoms with E-state index in [2.05, 4.69) is 10.3 Å². The standard InChI is InChI=1S/C17H19FN2O3/c1-3-4-9-23-17(21)20-15-11-19-8-7-13(15)14-6-5-12(18)10-16(14)22-2/h5-8,10-11H,3-4,9H2,1-2H3,(H,20,21). The van der Waals surface area contributed by atoms with Crippen LogP contribution in [-0.4, -0.2) is 24.8 Å². The Morgan fingerprint density at radius 2 is 2.13 bits per heavy atom. The van der Waals surface area contributed by atoms with Crippen molar-refractivity contribution >= 4 is 11.8 Å². The number of hydrogen-bond donors (Lipinski definition) is 1. The van der Waals surface area contributed by atoms with E-state index in [9.17, 15) is 9.18 Å². The lowest BCUT2D eigenvalue weighted by Gasteiger charge is -2.13. The topological polar surface area (TPSA) is 60.5 Å². The summed E-state index contributed by atoms with van der Waals surface area (Å²) in [5, 5.41) is 2.66. The molecule has 6 heteroatoms. The number of amides is 1. The van der Waals surface area contributed by atoms with E-state index in [0.717, 1.165) is 12.8 Å². The Kier molecular flexibility index (Phi) is 5.91. The Morgan fingerprint density at radius 3 is 2.87 bits per heavy atom. The predicted molar refractivity (Wildman–Crippen MR) is 86.1 cm³/mol. The van der Waals surface area contributed by atoms with Crippen molar-refractivity contribution in [3.63, 3.8) is 0 Å². The third-order valence-electron chi connectivity index (χ3n) is 3.24. The first-order valence-electron chi connectivity index (χ1n) is 7.37. The minimum Gasteiger partial charge on any atom is -0.496 e. The molecule has 5 nitrogen and oxygen atoms in total. The van der Waals surface area contributed by atoms with Gasteiger partial charge in [-0.15, -0.1) is 0 Å². The van der Waals surface area contributed by atoms with Crippen LogP contribution in [0, 0.1) is 5.82 Å². The average Bonchev–Trinajstić information content (AvgIpc) is 2.55. The molecule has 0 radical (unpaired) electrons. The van der Waals surface area contributed by atoms with Crippen LogP contribution >= 0.6 is 0 Å². The molecular formula is C17H19FN2O3. The van der Waals surface area contributed by atoms with Gasteiger partial charge in [0.15, 0.2) is 0 Å². The molecule has 0 spiro atoms. The molecule has 0 bridgehead atoms. The molecule has 1 N–H and O–H groups in total. The van der Waals surface area contributed by atoms with Crippen molar-refractivity contribution in [2.75, 3.05) is 19.0 Å². The molecule has 1 heterocycles. The Balaban J connectivity index is 2.26. The minimum atomic E-state index is -0.547. The summed E-state index contributed by atoms with van der Waals surface area (Å²) in [5.41, 5.74) is 1.79. The van der Waals surface area contributed by atoms with Crippen molar-refractivity contribution in [1.82, 2.24) is 4.98 Å². The molecule has 1 aromatic carbocycles. The van der Waals surface area contributed by atoms with Crippen molar-refractivity contribution in [2.45, 2.75) is 19.8 Å². The number of halogens is 1. The van der Waals surface area contributed by atoms with Crippen molar-refractivity contribution in [3.8, 4) is 16.9 Å². The molecule has 1 amide bonds. The SMILES string of the molecule is CCCCOC(=O)Nc1cnccc1-c1ccc(F)cc1OC. The van der Waals surface area contributed by atoms with E-state index in [1.807, 2.05) is 6.92 Å². The Hall–Kier alpha value is -2.63. The Morgan fingerprint density at radius 1 is 1.30 bits per heavy atom. The number of pyridine rings is 1. The lowest BCUT2D eigenvalue weighted by Crippen LogP contribution is -2.15. The smallest absolute Gasteiger partial charge is 0.411 e. The number of hydrogen-bond acceptors (Lipinski definition) is 4. The number of methoxy groups -OCH3 is 1. The first-order valence-corrected chi connectivity index (χ1v) is 7.37. The molecule has 122 valence electrons. The van der Waals surface area contributed by atoms with Crippen LogP contribution in [0.15, 0.2) is 36.7 Å². The van der Waals surface area contributed by atoms with Gasteiger partial charge in [-0.25, -0.2) is 9.18 Å². The summed E-state index contributed by atoms with van der Waals surface area (Å²) in [6.07, 6.45) is 4.30. The highest BCUT2D eigenvalue weighted by Crippen LogP contribution is 2.34. The molecule has 2 aromatic rings. The second-order valence-electron chi connectivity index (χ2n) is 4.88. The van der Waals surface area contributed by atoms with Gasteiger partial charge in [0, 0.05) is 23.4 Å². The number of carbonyl (C=O) groups is 1. The van der Waals surface area contributed by atoms with E-state index in [1.165, 1.54) is 25.4 Å². The van der Waals surface area contributed by atoms with E-state index >= 15 is 0 Å². The van der Waals surface area contributed by atoms with Crippen molar-refractivity contribution in [2.24, 2.45) is 0 Å². The third-order valence-corrected chi connectivity index (χ3v) is 3.24. The maximum atomic E-state index is 13.4. The van der Waals surface area contributed by atoms with Crippen LogP contribution < -0.4 is 10.1 Å². The van der Waals surface area contributed by atoms with Crippen molar-refractivity contribution in [3.05, 3.63) is 42.5 Å². The first kappa shape index (κ1) is 16.7. The number of ether oxygens (including phenoxy) is 2. The number of nitrogens with one attached hydrogen (secondary N) is 1. The van der Waals surface area contributed by atoms with Crippen molar-refractivity contribution in [1.29, 1.82) is 0 Å². The molecule has 0 atom stereocenters. The molecule has 0 aliphatic rings. The number of anilines is 1. The molecule has 0 unspecified atom stereocenters. The fourth-order valence-corrected chi connectivity index (χ4v) is 2.07. The fraction of sp³-hybridized carbons (Fsp3) is 0.294. The molecule has 0 aliphatic carbocycles. The number of benzene rings is 1. The van der Waals surface area contributed by atoms with Gasteiger partial charge >= 0.3 is 6.09 Å². The van der Waals surface area contributed by atoms with Crippen molar-refractivity contribution < 1.29 is 18.7 Å². The number of unbranched alkanes of at least 4 members (excludes halogenated alkanes) is 1. The maximum absolute atomic E-state index is 13.4. The van der Waals surface area contributed by atoms with E-state index in [4.69, 9.17) is 9.47 Å². The summed E-state index contributed by atoms with van der Waals surface area (Å²) in [6, 6.07) is 5.94. The van der Waals surface area contributed by atoms with Crippen LogP contribution in [0.5, 0.6) is 5.75 Å². The van der Waals surface area contributed by atoms with Crippen LogP contribution in [0.1, 0.15) is 19.8 Å². The predicted octanol–water partition coefficient (Wildman–Crippen LogP) is 4.24. The van der Waals surface area contributed by atoms with Crippen LogP contribution in [0.3, 0.4) is 0 Å². The summed E-state index contributed by atoms with van der Waals surface area (Å²) in [4.78, 5) is 15.8. The molecule has 0 saturated carbocycles. The highest BCUT2D eigenvalue weighted by molar-refractivity contribution is 5.92. The van der Waals surface area contributed by atoms with Gasteiger partial charge < -0.3 is 9.47 Å². The molecule has 2 rings (SSSR count). The van der Waals surface area contributed by atoms with Gasteiger partial charge in [0.05, 0.1) is 25.6 Å². The average molecular weight is 318 g/mol. The van der Waals surface area contributed by atoms with Gasteiger partial charge in [-0.05, 0) is 24.6 Å². The maximum Gasteiger partial charge on any atom is 0.411 e. The summed E-state index contributed by atoms with van der Waals surface area (Å²) < 4.78 is 23.7. The zero-order chi connectivity index (χ0) is 16.7. The molecule has 0 saturated heterocycles. The lowest BCUT2D eigenvalue weighted by molar-refractivity contribution is 0.160. The van der Waals surface area contributed by atoms with Gasteiger partial charge in [-0.1, -0.05) is 13.3 Å². The highest BCUT2D eigenvalue weighted by atomic mass is 19.1. The van der Waals surface area contributed by atoms with Crippen LogP contribution in [0.4, 0.5) is 14.9 Å². The van der Waals surface area contributed by atoms with Gasteiger partial charge in [0.1, 0.15) is 11.6 Å². The molecule has 1 aromatic heterocycles. The Labute approximate surface area is 134 Å². The Bertz CT molecular complexity index is 677. The second kappa shape index (κ2) is 8.12. The molecule has 23 heavy (non-hydrogen) atoms. The van der Waals surface area contributed by atoms with Crippen LogP contribution in [0.25, 0.3) is 11.1 Å². The van der Waals surface area contributed by atoms with Gasteiger partial charge in [-0.3, -0.25) is 10.3 Å². The fourth-order valence-electron chi connectivity index (χ4n) is 2.07. The minimum absolute atomic E-state index is 0.359. The van der Waals surface area contributed by atoms with Gasteiger partial charge in [0.2, 0.25) is 0 Å². The van der Waals surface area contributed by atoms with E-state index in [1.54, 1.807) is 18.3 Å². The second-order valence-corrected chi connectivity index (χ2v) is 4.88. The quantitative estimate of drug-likeness (QED) is 0.809. The van der Waals surface area contributed by atoms with Gasteiger partial charge in [-0.2, -0.15) is 0 Å². The molecule has 0 aliphatic heterocycles. The van der Waals surface area contributed by atoms with Crippen LogP contribution in [0.2, 0.25) is 0 Å². The number of nitrogens with zero attached hydrogens (tertiary/aromatic N) is 1. The summed E-state index contributed by atoms with van der Waals surface area (Å²) in [7, 11) is 1.46. The lowest BCUT2D eigenvalue weighted by atomic mass is 10.0. The summed E-state index contributed by atoms with van der Waals surface area (Å²) in [6.45, 7) is 2.37. The monoisotopic (exact) mass is 318 g/mol. The number of carbonyl (C=O) groups excluding carboxylic acids is 1. The van der Waals surface area contributed by atoms with E-state index in [-0.39, 0.29) is 0 Å². The normalized spacial score (nSPS) is 10.2. The number of rotatable bonds is 6. The van der Waals surface area contributed by atoms with E-state index in [0.29, 0.717) is 29.2 Å². The number of aromatic nitrogens is 1. The highest BCUT2D eigenvalue weighted by Gasteiger charge is 2.13. The zero-order valence-corrected chi connectivity index (χ0v) is 13.1. The third kappa shape index (κ3) is 4.42. The molecular weight excluding hydrogens is 299 g/mol. The largest absolute Gasteiger partial charge is 0.496 e. The van der Waals surface area contributed by atoms with E-state index < -0.39 is 11.9 Å². The van der Waals surface area contributed by atoms with Crippen LogP contribution in [-0.2, 0) is 4.74 Å². The molecule has 0 fully saturated rings. The zero-order valence-electron chi connectivity index (χ0n) is 13.1.